The van der Waals surface area contributed by atoms with Gasteiger partial charge in [0.1, 0.15) is 11.5 Å². The molecule has 142 valence electrons. The molecule has 0 aliphatic heterocycles. The zero-order valence-corrected chi connectivity index (χ0v) is 15.5. The molecule has 0 radical (unpaired) electrons. The Bertz CT molecular complexity index is 915. The lowest BCUT2D eigenvalue weighted by atomic mass is 10.2. The van der Waals surface area contributed by atoms with E-state index < -0.39 is 11.9 Å². The highest BCUT2D eigenvalue weighted by atomic mass is 16.5. The summed E-state index contributed by atoms with van der Waals surface area (Å²) >= 11 is 0. The largest absolute Gasteiger partial charge is 0.497 e. The van der Waals surface area contributed by atoms with Gasteiger partial charge in [-0.25, -0.2) is 9.59 Å². The maximum atomic E-state index is 12.2. The molecule has 3 aromatic rings. The molecule has 0 aliphatic rings. The van der Waals surface area contributed by atoms with Gasteiger partial charge < -0.3 is 14.2 Å². The molecule has 5 nitrogen and oxygen atoms in total. The van der Waals surface area contributed by atoms with E-state index in [1.54, 1.807) is 55.6 Å². The second-order valence-electron chi connectivity index (χ2n) is 6.01. The molecule has 0 aliphatic carbocycles. The maximum Gasteiger partial charge on any atom is 0.343 e. The summed E-state index contributed by atoms with van der Waals surface area (Å²) in [6, 6.07) is 22.7. The molecule has 0 fully saturated rings. The topological polar surface area (TPSA) is 61.8 Å². The van der Waals surface area contributed by atoms with Crippen LogP contribution in [0.15, 0.2) is 78.9 Å². The molecule has 0 spiro atoms. The number of methoxy groups -OCH3 is 1. The fraction of sp³-hybridized carbons (Fsp3) is 0.130. The smallest absolute Gasteiger partial charge is 0.343 e. The Morgan fingerprint density at radius 2 is 1.29 bits per heavy atom. The first kappa shape index (κ1) is 19.2. The van der Waals surface area contributed by atoms with Gasteiger partial charge in [0.15, 0.2) is 0 Å². The SMILES string of the molecule is COc1ccc(C(=O)Oc2ccc(C(=O)OCCc3ccccc3)cc2)cc1. The molecule has 0 N–H and O–H groups in total. The Hall–Kier alpha value is -3.60. The second-order valence-corrected chi connectivity index (χ2v) is 6.01. The number of esters is 2. The van der Waals surface area contributed by atoms with Crippen LogP contribution in [0.3, 0.4) is 0 Å². The van der Waals surface area contributed by atoms with Crippen LogP contribution in [0.2, 0.25) is 0 Å². The summed E-state index contributed by atoms with van der Waals surface area (Å²) < 4.78 is 15.7. The quantitative estimate of drug-likeness (QED) is 0.454. The fourth-order valence-corrected chi connectivity index (χ4v) is 2.54. The van der Waals surface area contributed by atoms with Crippen LogP contribution >= 0.6 is 0 Å². The first-order valence-corrected chi connectivity index (χ1v) is 8.83. The molecule has 28 heavy (non-hydrogen) atoms. The van der Waals surface area contributed by atoms with Gasteiger partial charge in [-0.1, -0.05) is 30.3 Å². The summed E-state index contributed by atoms with van der Waals surface area (Å²) in [5.74, 6) is 0.109. The highest BCUT2D eigenvalue weighted by molar-refractivity contribution is 5.92. The highest BCUT2D eigenvalue weighted by Gasteiger charge is 2.11. The second kappa shape index (κ2) is 9.37. The molecule has 0 saturated heterocycles. The monoisotopic (exact) mass is 376 g/mol. The van der Waals surface area contributed by atoms with Crippen LogP contribution in [0, 0.1) is 0 Å². The molecule has 0 aromatic heterocycles. The third-order valence-electron chi connectivity index (χ3n) is 4.09. The van der Waals surface area contributed by atoms with E-state index >= 15 is 0 Å². The minimum absolute atomic E-state index is 0.303. The van der Waals surface area contributed by atoms with Gasteiger partial charge in [0.05, 0.1) is 24.8 Å². The van der Waals surface area contributed by atoms with Crippen LogP contribution in [-0.2, 0) is 11.2 Å². The maximum absolute atomic E-state index is 12.2. The Kier molecular flexibility index (Phi) is 6.41. The third-order valence-corrected chi connectivity index (χ3v) is 4.09. The molecule has 5 heteroatoms. The summed E-state index contributed by atoms with van der Waals surface area (Å²) in [4.78, 5) is 24.3. The van der Waals surface area contributed by atoms with E-state index in [2.05, 4.69) is 0 Å². The van der Waals surface area contributed by atoms with Crippen molar-refractivity contribution in [3.8, 4) is 11.5 Å². The van der Waals surface area contributed by atoms with Gasteiger partial charge in [-0.3, -0.25) is 0 Å². The van der Waals surface area contributed by atoms with Gasteiger partial charge in [-0.05, 0) is 54.1 Å². The fourth-order valence-electron chi connectivity index (χ4n) is 2.54. The number of ether oxygens (including phenoxy) is 3. The molecule has 0 amide bonds. The summed E-state index contributed by atoms with van der Waals surface area (Å²) in [6.45, 7) is 0.303. The van der Waals surface area contributed by atoms with Gasteiger partial charge in [-0.15, -0.1) is 0 Å². The first-order valence-electron chi connectivity index (χ1n) is 8.83. The summed E-state index contributed by atoms with van der Waals surface area (Å²) in [5, 5.41) is 0. The van der Waals surface area contributed by atoms with Crippen molar-refractivity contribution < 1.29 is 23.8 Å². The van der Waals surface area contributed by atoms with E-state index in [1.165, 1.54) is 0 Å². The summed E-state index contributed by atoms with van der Waals surface area (Å²) in [7, 11) is 1.56. The summed E-state index contributed by atoms with van der Waals surface area (Å²) in [5.41, 5.74) is 1.92. The number of carbonyl (C=O) groups excluding carboxylic acids is 2. The van der Waals surface area contributed by atoms with Gasteiger partial charge in [-0.2, -0.15) is 0 Å². The zero-order chi connectivity index (χ0) is 19.8. The van der Waals surface area contributed by atoms with Gasteiger partial charge in [0.2, 0.25) is 0 Å². The van der Waals surface area contributed by atoms with E-state index in [1.807, 2.05) is 30.3 Å². The average molecular weight is 376 g/mol. The van der Waals surface area contributed by atoms with Gasteiger partial charge in [0, 0.05) is 6.42 Å². The lowest BCUT2D eigenvalue weighted by molar-refractivity contribution is 0.0509. The zero-order valence-electron chi connectivity index (χ0n) is 15.5. The number of rotatable bonds is 7. The Morgan fingerprint density at radius 1 is 0.714 bits per heavy atom. The summed E-state index contributed by atoms with van der Waals surface area (Å²) in [6.07, 6.45) is 0.657. The van der Waals surface area contributed by atoms with Crippen LogP contribution in [0.1, 0.15) is 26.3 Å². The van der Waals surface area contributed by atoms with Crippen LogP contribution in [0.5, 0.6) is 11.5 Å². The van der Waals surface area contributed by atoms with Crippen molar-refractivity contribution in [1.29, 1.82) is 0 Å². The van der Waals surface area contributed by atoms with E-state index in [0.717, 1.165) is 5.56 Å². The number of hydrogen-bond donors (Lipinski definition) is 0. The molecule has 3 rings (SSSR count). The lowest BCUT2D eigenvalue weighted by Gasteiger charge is -2.07. The van der Waals surface area contributed by atoms with Crippen molar-refractivity contribution in [3.05, 3.63) is 95.6 Å². The molecule has 0 atom stereocenters. The Morgan fingerprint density at radius 3 is 1.89 bits per heavy atom. The Balaban J connectivity index is 1.52. The minimum atomic E-state index is -0.485. The van der Waals surface area contributed by atoms with Crippen molar-refractivity contribution in [3.63, 3.8) is 0 Å². The van der Waals surface area contributed by atoms with Crippen molar-refractivity contribution in [2.45, 2.75) is 6.42 Å². The van der Waals surface area contributed by atoms with Crippen LogP contribution in [0.25, 0.3) is 0 Å². The van der Waals surface area contributed by atoms with E-state index in [4.69, 9.17) is 14.2 Å². The third kappa shape index (κ3) is 5.20. The average Bonchev–Trinajstić information content (AvgIpc) is 2.75. The van der Waals surface area contributed by atoms with Crippen molar-refractivity contribution in [2.75, 3.05) is 13.7 Å². The Labute approximate surface area is 163 Å². The van der Waals surface area contributed by atoms with Gasteiger partial charge in [0.25, 0.3) is 0 Å². The van der Waals surface area contributed by atoms with Crippen molar-refractivity contribution >= 4 is 11.9 Å². The molecule has 0 saturated carbocycles. The molecule has 0 heterocycles. The molecule has 0 bridgehead atoms. The van der Waals surface area contributed by atoms with E-state index in [-0.39, 0.29) is 0 Å². The lowest BCUT2D eigenvalue weighted by Crippen LogP contribution is -2.10. The predicted molar refractivity (Wildman–Crippen MR) is 105 cm³/mol. The molecule has 3 aromatic carbocycles. The van der Waals surface area contributed by atoms with E-state index in [9.17, 15) is 9.59 Å². The number of hydrogen-bond acceptors (Lipinski definition) is 5. The molecular formula is C23H20O5. The van der Waals surface area contributed by atoms with Gasteiger partial charge >= 0.3 is 11.9 Å². The minimum Gasteiger partial charge on any atom is -0.497 e. The number of benzene rings is 3. The van der Waals surface area contributed by atoms with Crippen LogP contribution in [-0.4, -0.2) is 25.7 Å². The van der Waals surface area contributed by atoms with Crippen LogP contribution in [0.4, 0.5) is 0 Å². The number of carbonyl (C=O) groups is 2. The molecule has 0 unspecified atom stereocenters. The van der Waals surface area contributed by atoms with Crippen molar-refractivity contribution in [2.24, 2.45) is 0 Å². The van der Waals surface area contributed by atoms with Crippen molar-refractivity contribution in [1.82, 2.24) is 0 Å². The first-order chi connectivity index (χ1) is 13.7. The van der Waals surface area contributed by atoms with E-state index in [0.29, 0.717) is 35.7 Å². The van der Waals surface area contributed by atoms with Crippen LogP contribution < -0.4 is 9.47 Å². The molecular weight excluding hydrogens is 356 g/mol. The highest BCUT2D eigenvalue weighted by Crippen LogP contribution is 2.17. The predicted octanol–water partition coefficient (Wildman–Crippen LogP) is 4.31. The normalized spacial score (nSPS) is 10.2. The standard InChI is InChI=1S/C23H20O5/c1-26-20-11-7-19(8-12-20)23(25)28-21-13-9-18(10-14-21)22(24)27-16-15-17-5-3-2-4-6-17/h2-14H,15-16H2,1H3.